The van der Waals surface area contributed by atoms with Gasteiger partial charge in [-0.05, 0) is 6.08 Å². The van der Waals surface area contributed by atoms with Gasteiger partial charge in [-0.15, -0.1) is 11.3 Å². The summed E-state index contributed by atoms with van der Waals surface area (Å²) >= 11 is 1.53. The number of rotatable bonds is 3. The third-order valence-electron chi connectivity index (χ3n) is 3.25. The zero-order chi connectivity index (χ0) is 16.3. The Morgan fingerprint density at radius 3 is 2.82 bits per heavy atom. The molecule has 2 rings (SSSR count). The number of aliphatic carboxylic acids is 1. The lowest BCUT2D eigenvalue weighted by Crippen LogP contribution is -2.52. The molecule has 0 bridgehead atoms. The Labute approximate surface area is 133 Å². The van der Waals surface area contributed by atoms with E-state index in [4.69, 9.17) is 9.84 Å². The van der Waals surface area contributed by atoms with Gasteiger partial charge in [-0.1, -0.05) is 20.8 Å². The second kappa shape index (κ2) is 6.58. The SMILES string of the molecule is CC(C)(C)c1ncc(/C=C/C(=O)N2CCOCC2C(=O)O)s1. The maximum Gasteiger partial charge on any atom is 0.328 e. The quantitative estimate of drug-likeness (QED) is 0.857. The number of carboxylic acid groups (broad SMARTS) is 1. The summed E-state index contributed by atoms with van der Waals surface area (Å²) < 4.78 is 5.12. The van der Waals surface area contributed by atoms with Gasteiger partial charge in [0.1, 0.15) is 0 Å². The van der Waals surface area contributed by atoms with E-state index in [0.717, 1.165) is 9.88 Å². The zero-order valence-electron chi connectivity index (χ0n) is 12.9. The van der Waals surface area contributed by atoms with Gasteiger partial charge in [0.05, 0.1) is 18.2 Å². The molecule has 1 N–H and O–H groups in total. The van der Waals surface area contributed by atoms with E-state index >= 15 is 0 Å². The molecule has 0 radical (unpaired) electrons. The van der Waals surface area contributed by atoms with E-state index in [-0.39, 0.29) is 24.5 Å². The van der Waals surface area contributed by atoms with Gasteiger partial charge in [-0.2, -0.15) is 0 Å². The Balaban J connectivity index is 2.07. The topological polar surface area (TPSA) is 79.7 Å². The number of thiazole rings is 1. The Morgan fingerprint density at radius 2 is 2.23 bits per heavy atom. The minimum absolute atomic E-state index is 0.0284. The molecule has 0 aromatic carbocycles. The molecule has 120 valence electrons. The van der Waals surface area contributed by atoms with Crippen LogP contribution in [0.1, 0.15) is 30.7 Å². The summed E-state index contributed by atoms with van der Waals surface area (Å²) in [5.74, 6) is -1.37. The van der Waals surface area contributed by atoms with Gasteiger partial charge < -0.3 is 14.7 Å². The van der Waals surface area contributed by atoms with Crippen molar-refractivity contribution in [1.29, 1.82) is 0 Å². The second-order valence-corrected chi connectivity index (χ2v) is 7.17. The van der Waals surface area contributed by atoms with Crippen molar-refractivity contribution >= 4 is 29.3 Å². The maximum atomic E-state index is 12.2. The summed E-state index contributed by atoms with van der Waals surface area (Å²) in [6, 6.07) is -0.919. The van der Waals surface area contributed by atoms with Crippen molar-refractivity contribution in [2.75, 3.05) is 19.8 Å². The molecule has 0 aliphatic carbocycles. The number of morpholine rings is 1. The van der Waals surface area contributed by atoms with Crippen LogP contribution in [0.2, 0.25) is 0 Å². The minimum Gasteiger partial charge on any atom is -0.480 e. The summed E-state index contributed by atoms with van der Waals surface area (Å²) in [5.41, 5.74) is -0.0284. The van der Waals surface area contributed by atoms with Crippen LogP contribution in [0.15, 0.2) is 12.3 Å². The summed E-state index contributed by atoms with van der Waals surface area (Å²) in [6.07, 6.45) is 4.81. The lowest BCUT2D eigenvalue weighted by atomic mass is 9.98. The fraction of sp³-hybridized carbons (Fsp3) is 0.533. The highest BCUT2D eigenvalue weighted by molar-refractivity contribution is 7.12. The highest BCUT2D eigenvalue weighted by atomic mass is 32.1. The first-order valence-electron chi connectivity index (χ1n) is 7.04. The number of carbonyl (C=O) groups is 2. The molecule has 1 unspecified atom stereocenters. The maximum absolute atomic E-state index is 12.2. The Hall–Kier alpha value is -1.73. The number of aromatic nitrogens is 1. The van der Waals surface area contributed by atoms with Crippen LogP contribution in [0.25, 0.3) is 6.08 Å². The Kier molecular flexibility index (Phi) is 4.97. The normalized spacial score (nSPS) is 19.6. The minimum atomic E-state index is -1.05. The molecule has 0 spiro atoms. The molecular formula is C15H20N2O4S. The molecule has 1 aromatic heterocycles. The summed E-state index contributed by atoms with van der Waals surface area (Å²) in [4.78, 5) is 29.9. The largest absolute Gasteiger partial charge is 0.480 e. The molecule has 22 heavy (non-hydrogen) atoms. The molecule has 2 heterocycles. The van der Waals surface area contributed by atoms with Crippen molar-refractivity contribution in [1.82, 2.24) is 9.88 Å². The Bertz CT molecular complexity index is 589. The van der Waals surface area contributed by atoms with Crippen molar-refractivity contribution < 1.29 is 19.4 Å². The van der Waals surface area contributed by atoms with E-state index in [0.29, 0.717) is 6.61 Å². The number of hydrogen-bond acceptors (Lipinski definition) is 5. The molecule has 1 amide bonds. The standard InChI is InChI=1S/C15H20N2O4S/c1-15(2,3)14-16-8-10(22-14)4-5-12(18)17-6-7-21-9-11(17)13(19)20/h4-5,8,11H,6-7,9H2,1-3H3,(H,19,20)/b5-4+. The lowest BCUT2D eigenvalue weighted by molar-refractivity contribution is -0.156. The smallest absolute Gasteiger partial charge is 0.328 e. The number of amides is 1. The number of hydrogen-bond donors (Lipinski definition) is 1. The molecule has 7 heteroatoms. The molecule has 1 aromatic rings. The van der Waals surface area contributed by atoms with Crippen molar-refractivity contribution in [3.05, 3.63) is 22.2 Å². The first kappa shape index (κ1) is 16.6. The predicted molar refractivity (Wildman–Crippen MR) is 83.8 cm³/mol. The predicted octanol–water partition coefficient (Wildman–Crippen LogP) is 1.77. The van der Waals surface area contributed by atoms with Crippen LogP contribution >= 0.6 is 11.3 Å². The van der Waals surface area contributed by atoms with E-state index in [1.54, 1.807) is 12.3 Å². The van der Waals surface area contributed by atoms with Gasteiger partial charge in [-0.3, -0.25) is 4.79 Å². The van der Waals surface area contributed by atoms with Crippen LogP contribution in [0.3, 0.4) is 0 Å². The van der Waals surface area contributed by atoms with Crippen molar-refractivity contribution in [2.45, 2.75) is 32.2 Å². The average Bonchev–Trinajstić information content (AvgIpc) is 2.93. The Morgan fingerprint density at radius 1 is 1.50 bits per heavy atom. The van der Waals surface area contributed by atoms with Gasteiger partial charge in [0.15, 0.2) is 6.04 Å². The van der Waals surface area contributed by atoms with E-state index < -0.39 is 12.0 Å². The number of carbonyl (C=O) groups excluding carboxylic acids is 1. The van der Waals surface area contributed by atoms with Crippen LogP contribution in [0.5, 0.6) is 0 Å². The number of ether oxygens (including phenoxy) is 1. The molecule has 1 saturated heterocycles. The van der Waals surface area contributed by atoms with E-state index in [2.05, 4.69) is 25.8 Å². The van der Waals surface area contributed by atoms with Gasteiger partial charge >= 0.3 is 5.97 Å². The third kappa shape index (κ3) is 3.92. The van der Waals surface area contributed by atoms with Crippen molar-refractivity contribution in [3.63, 3.8) is 0 Å². The lowest BCUT2D eigenvalue weighted by Gasteiger charge is -2.31. The van der Waals surface area contributed by atoms with Crippen LogP contribution in [0, 0.1) is 0 Å². The average molecular weight is 324 g/mol. The van der Waals surface area contributed by atoms with Crippen LogP contribution < -0.4 is 0 Å². The highest BCUT2D eigenvalue weighted by Crippen LogP contribution is 2.27. The van der Waals surface area contributed by atoms with E-state index in [9.17, 15) is 9.59 Å². The molecule has 1 fully saturated rings. The van der Waals surface area contributed by atoms with Crippen LogP contribution in [-0.2, 0) is 19.7 Å². The summed E-state index contributed by atoms with van der Waals surface area (Å²) in [7, 11) is 0. The molecule has 0 saturated carbocycles. The summed E-state index contributed by atoms with van der Waals surface area (Å²) in [6.45, 7) is 6.92. The van der Waals surface area contributed by atoms with Gasteiger partial charge in [0.2, 0.25) is 5.91 Å². The first-order valence-corrected chi connectivity index (χ1v) is 7.86. The molecule has 1 aliphatic rings. The zero-order valence-corrected chi connectivity index (χ0v) is 13.7. The van der Waals surface area contributed by atoms with Crippen molar-refractivity contribution in [3.8, 4) is 0 Å². The van der Waals surface area contributed by atoms with Gasteiger partial charge in [0, 0.05) is 29.1 Å². The van der Waals surface area contributed by atoms with E-state index in [1.807, 2.05) is 0 Å². The number of nitrogens with zero attached hydrogens (tertiary/aromatic N) is 2. The molecular weight excluding hydrogens is 304 g/mol. The van der Waals surface area contributed by atoms with Gasteiger partial charge in [0.25, 0.3) is 0 Å². The van der Waals surface area contributed by atoms with Crippen LogP contribution in [0.4, 0.5) is 0 Å². The monoisotopic (exact) mass is 324 g/mol. The van der Waals surface area contributed by atoms with Crippen molar-refractivity contribution in [2.24, 2.45) is 0 Å². The first-order chi connectivity index (χ1) is 10.3. The van der Waals surface area contributed by atoms with Crippen LogP contribution in [-0.4, -0.2) is 52.7 Å². The molecule has 1 atom stereocenters. The van der Waals surface area contributed by atoms with E-state index in [1.165, 1.54) is 22.3 Å². The fourth-order valence-electron chi connectivity index (χ4n) is 2.03. The molecule has 1 aliphatic heterocycles. The molecule has 6 nitrogen and oxygen atoms in total. The number of carboxylic acids is 1. The van der Waals surface area contributed by atoms with Gasteiger partial charge in [-0.25, -0.2) is 9.78 Å². The highest BCUT2D eigenvalue weighted by Gasteiger charge is 2.31. The fourth-order valence-corrected chi connectivity index (χ4v) is 2.91. The second-order valence-electron chi connectivity index (χ2n) is 6.11. The third-order valence-corrected chi connectivity index (χ3v) is 4.64. The summed E-state index contributed by atoms with van der Waals surface area (Å²) in [5, 5.41) is 10.1.